The van der Waals surface area contributed by atoms with E-state index < -0.39 is 5.97 Å². The molecule has 1 aromatic rings. The molecular weight excluding hydrogens is 230 g/mol. The summed E-state index contributed by atoms with van der Waals surface area (Å²) in [5, 5.41) is 12.2. The maximum absolute atomic E-state index is 10.8. The quantitative estimate of drug-likeness (QED) is 0.805. The molecule has 2 N–H and O–H groups in total. The second-order valence-electron chi connectivity index (χ2n) is 5.05. The van der Waals surface area contributed by atoms with Gasteiger partial charge in [-0.15, -0.1) is 0 Å². The smallest absolute Gasteiger partial charge is 0.356 e. The van der Waals surface area contributed by atoms with Gasteiger partial charge in [0.05, 0.1) is 12.4 Å². The third-order valence-electron chi connectivity index (χ3n) is 3.46. The average Bonchev–Trinajstić information content (AvgIpc) is 2.55. The topological polar surface area (TPSA) is 75.1 Å². The van der Waals surface area contributed by atoms with Gasteiger partial charge in [0.15, 0.2) is 5.69 Å². The number of carbonyl (C=O) groups is 1. The molecule has 0 aliphatic heterocycles. The van der Waals surface area contributed by atoms with Gasteiger partial charge < -0.3 is 10.4 Å². The Morgan fingerprint density at radius 2 is 2.17 bits per heavy atom. The summed E-state index contributed by atoms with van der Waals surface area (Å²) in [5.74, 6) is 0.309. The molecule has 98 valence electrons. The van der Waals surface area contributed by atoms with Crippen molar-refractivity contribution in [3.8, 4) is 0 Å². The highest BCUT2D eigenvalue weighted by Crippen LogP contribution is 2.24. The number of aromatic carboxylic acids is 1. The number of carboxylic acids is 1. The lowest BCUT2D eigenvalue weighted by atomic mass is 10.0. The molecule has 0 bridgehead atoms. The van der Waals surface area contributed by atoms with Crippen molar-refractivity contribution in [2.24, 2.45) is 5.92 Å². The van der Waals surface area contributed by atoms with Crippen LogP contribution in [-0.4, -0.2) is 27.1 Å². The molecule has 2 unspecified atom stereocenters. The second-order valence-corrected chi connectivity index (χ2v) is 5.05. The summed E-state index contributed by atoms with van der Waals surface area (Å²) in [5.41, 5.74) is -0.0120. The van der Waals surface area contributed by atoms with Crippen molar-refractivity contribution in [2.45, 2.75) is 45.1 Å². The Bertz CT molecular complexity index is 422. The van der Waals surface area contributed by atoms with E-state index in [2.05, 4.69) is 22.2 Å². The summed E-state index contributed by atoms with van der Waals surface area (Å²) in [7, 11) is 0. The first-order chi connectivity index (χ1) is 8.65. The van der Waals surface area contributed by atoms with Gasteiger partial charge >= 0.3 is 5.97 Å². The van der Waals surface area contributed by atoms with Crippen LogP contribution in [0.2, 0.25) is 0 Å². The second kappa shape index (κ2) is 5.80. The van der Waals surface area contributed by atoms with E-state index in [4.69, 9.17) is 5.11 Å². The largest absolute Gasteiger partial charge is 0.476 e. The standard InChI is InChI=1S/C13H19N3O2/c1-9-3-2-4-10(6-5-9)15-12-8-14-7-11(16-12)13(17)18/h7-10H,2-6H2,1H3,(H,15,16)(H,17,18). The Balaban J connectivity index is 2.00. The summed E-state index contributed by atoms with van der Waals surface area (Å²) >= 11 is 0. The molecule has 0 spiro atoms. The molecule has 0 saturated heterocycles. The van der Waals surface area contributed by atoms with Gasteiger partial charge in [0.25, 0.3) is 0 Å². The zero-order chi connectivity index (χ0) is 13.0. The summed E-state index contributed by atoms with van der Waals surface area (Å²) < 4.78 is 0. The summed E-state index contributed by atoms with van der Waals surface area (Å²) in [6, 6.07) is 0.383. The molecule has 1 aliphatic carbocycles. The average molecular weight is 249 g/mol. The van der Waals surface area contributed by atoms with Crippen LogP contribution in [0.25, 0.3) is 0 Å². The molecule has 2 rings (SSSR count). The van der Waals surface area contributed by atoms with Crippen molar-refractivity contribution >= 4 is 11.8 Å². The number of carboxylic acid groups (broad SMARTS) is 1. The Morgan fingerprint density at radius 3 is 2.94 bits per heavy atom. The Kier molecular flexibility index (Phi) is 4.12. The van der Waals surface area contributed by atoms with Crippen LogP contribution in [0.15, 0.2) is 12.4 Å². The number of rotatable bonds is 3. The third-order valence-corrected chi connectivity index (χ3v) is 3.46. The fourth-order valence-electron chi connectivity index (χ4n) is 2.38. The van der Waals surface area contributed by atoms with Gasteiger partial charge in [0.1, 0.15) is 5.82 Å². The SMILES string of the molecule is CC1CCCC(Nc2cncc(C(=O)O)n2)CC1. The molecule has 1 aromatic heterocycles. The molecule has 2 atom stereocenters. The van der Waals surface area contributed by atoms with Crippen molar-refractivity contribution in [1.29, 1.82) is 0 Å². The number of hydrogen-bond acceptors (Lipinski definition) is 4. The summed E-state index contributed by atoms with van der Waals surface area (Å²) in [4.78, 5) is 18.8. The lowest BCUT2D eigenvalue weighted by Gasteiger charge is -2.16. The van der Waals surface area contributed by atoms with Crippen LogP contribution in [0.1, 0.15) is 49.5 Å². The van der Waals surface area contributed by atoms with E-state index >= 15 is 0 Å². The normalized spacial score (nSPS) is 24.3. The van der Waals surface area contributed by atoms with Gasteiger partial charge in [-0.05, 0) is 25.2 Å². The van der Waals surface area contributed by atoms with Crippen molar-refractivity contribution < 1.29 is 9.90 Å². The maximum Gasteiger partial charge on any atom is 0.356 e. The van der Waals surface area contributed by atoms with Gasteiger partial charge in [-0.1, -0.05) is 19.8 Å². The van der Waals surface area contributed by atoms with E-state index in [0.29, 0.717) is 11.9 Å². The fourth-order valence-corrected chi connectivity index (χ4v) is 2.38. The Hall–Kier alpha value is -1.65. The van der Waals surface area contributed by atoms with E-state index in [0.717, 1.165) is 18.8 Å². The van der Waals surface area contributed by atoms with Crippen molar-refractivity contribution in [3.63, 3.8) is 0 Å². The number of nitrogens with one attached hydrogen (secondary N) is 1. The van der Waals surface area contributed by atoms with Gasteiger partial charge in [-0.3, -0.25) is 4.98 Å². The first-order valence-corrected chi connectivity index (χ1v) is 6.47. The molecule has 1 saturated carbocycles. The van der Waals surface area contributed by atoms with E-state index in [-0.39, 0.29) is 5.69 Å². The monoisotopic (exact) mass is 249 g/mol. The van der Waals surface area contributed by atoms with Crippen LogP contribution in [-0.2, 0) is 0 Å². The zero-order valence-electron chi connectivity index (χ0n) is 10.6. The van der Waals surface area contributed by atoms with Crippen LogP contribution in [0, 0.1) is 5.92 Å². The zero-order valence-corrected chi connectivity index (χ0v) is 10.6. The maximum atomic E-state index is 10.8. The lowest BCUT2D eigenvalue weighted by Crippen LogP contribution is -2.20. The molecule has 0 amide bonds. The molecule has 0 radical (unpaired) electrons. The van der Waals surface area contributed by atoms with E-state index in [9.17, 15) is 4.79 Å². The van der Waals surface area contributed by atoms with E-state index in [1.165, 1.54) is 25.5 Å². The Morgan fingerprint density at radius 1 is 1.33 bits per heavy atom. The first-order valence-electron chi connectivity index (χ1n) is 6.47. The van der Waals surface area contributed by atoms with Crippen molar-refractivity contribution in [3.05, 3.63) is 18.1 Å². The summed E-state index contributed by atoms with van der Waals surface area (Å²) in [6.45, 7) is 2.28. The molecular formula is C13H19N3O2. The van der Waals surface area contributed by atoms with Crippen LogP contribution in [0.3, 0.4) is 0 Å². The van der Waals surface area contributed by atoms with Gasteiger partial charge in [-0.2, -0.15) is 0 Å². The van der Waals surface area contributed by atoms with Gasteiger partial charge in [-0.25, -0.2) is 9.78 Å². The fraction of sp³-hybridized carbons (Fsp3) is 0.615. The number of anilines is 1. The Labute approximate surface area is 107 Å². The van der Waals surface area contributed by atoms with Gasteiger partial charge in [0, 0.05) is 6.04 Å². The lowest BCUT2D eigenvalue weighted by molar-refractivity contribution is 0.0690. The van der Waals surface area contributed by atoms with Crippen LogP contribution in [0.4, 0.5) is 5.82 Å². The van der Waals surface area contributed by atoms with E-state index in [1.54, 1.807) is 6.20 Å². The summed E-state index contributed by atoms with van der Waals surface area (Å²) in [6.07, 6.45) is 8.78. The number of aromatic nitrogens is 2. The molecule has 1 fully saturated rings. The number of hydrogen-bond donors (Lipinski definition) is 2. The predicted octanol–water partition coefficient (Wildman–Crippen LogP) is 2.56. The van der Waals surface area contributed by atoms with E-state index in [1.807, 2.05) is 0 Å². The molecule has 0 aromatic carbocycles. The first kappa shape index (κ1) is 12.8. The molecule has 1 heterocycles. The molecule has 1 aliphatic rings. The minimum Gasteiger partial charge on any atom is -0.476 e. The third kappa shape index (κ3) is 3.42. The van der Waals surface area contributed by atoms with Crippen LogP contribution < -0.4 is 5.32 Å². The van der Waals surface area contributed by atoms with Crippen molar-refractivity contribution in [2.75, 3.05) is 5.32 Å². The van der Waals surface area contributed by atoms with Crippen molar-refractivity contribution in [1.82, 2.24) is 9.97 Å². The minimum absolute atomic E-state index is 0.0120. The van der Waals surface area contributed by atoms with Crippen LogP contribution >= 0.6 is 0 Å². The minimum atomic E-state index is -1.04. The number of nitrogens with zero attached hydrogens (tertiary/aromatic N) is 2. The predicted molar refractivity (Wildman–Crippen MR) is 68.7 cm³/mol. The van der Waals surface area contributed by atoms with Gasteiger partial charge in [0.2, 0.25) is 0 Å². The molecule has 5 heteroatoms. The molecule has 5 nitrogen and oxygen atoms in total. The highest BCUT2D eigenvalue weighted by atomic mass is 16.4. The highest BCUT2D eigenvalue weighted by molar-refractivity contribution is 5.85. The molecule has 18 heavy (non-hydrogen) atoms. The van der Waals surface area contributed by atoms with Crippen LogP contribution in [0.5, 0.6) is 0 Å². The highest BCUT2D eigenvalue weighted by Gasteiger charge is 2.17.